The van der Waals surface area contributed by atoms with Gasteiger partial charge >= 0.3 is 0 Å². The number of rotatable bonds is 9. The zero-order valence-electron chi connectivity index (χ0n) is 22.3. The van der Waals surface area contributed by atoms with Crippen LogP contribution in [0.1, 0.15) is 30.1 Å². The van der Waals surface area contributed by atoms with Gasteiger partial charge in [-0.1, -0.05) is 19.1 Å². The van der Waals surface area contributed by atoms with E-state index < -0.39 is 0 Å². The molecule has 1 aromatic heterocycles. The van der Waals surface area contributed by atoms with Gasteiger partial charge in [0.25, 0.3) is 5.91 Å². The lowest BCUT2D eigenvalue weighted by atomic mass is 10.1. The molecule has 0 bridgehead atoms. The molecule has 200 valence electrons. The highest BCUT2D eigenvalue weighted by atomic mass is 16.5. The Morgan fingerprint density at radius 2 is 1.68 bits per heavy atom. The van der Waals surface area contributed by atoms with E-state index in [4.69, 9.17) is 9.47 Å². The van der Waals surface area contributed by atoms with Crippen LogP contribution in [0.3, 0.4) is 0 Å². The van der Waals surface area contributed by atoms with Crippen molar-refractivity contribution in [1.29, 1.82) is 0 Å². The second kappa shape index (κ2) is 12.9. The highest BCUT2D eigenvalue weighted by Gasteiger charge is 2.24. The number of anilines is 1. The molecular weight excluding hydrogens is 482 g/mol. The highest BCUT2D eigenvalue weighted by molar-refractivity contribution is 5.96. The van der Waals surface area contributed by atoms with Crippen LogP contribution in [0.25, 0.3) is 11.3 Å². The molecule has 0 saturated carbocycles. The van der Waals surface area contributed by atoms with E-state index in [1.807, 2.05) is 48.2 Å². The van der Waals surface area contributed by atoms with E-state index in [-0.39, 0.29) is 18.4 Å². The van der Waals surface area contributed by atoms with Gasteiger partial charge in [0.05, 0.1) is 19.9 Å². The van der Waals surface area contributed by atoms with Crippen molar-refractivity contribution in [1.82, 2.24) is 20.0 Å². The maximum absolute atomic E-state index is 13.2. The standard InChI is InChI=1S/C29H35N5O4/c1-4-15-34(29(36)22-9-11-24(37-2)12-10-22)21-28(35)33-17-6-16-32(18-19-33)27-14-13-26(30-31-27)23-7-5-8-25(20-23)38-3/h5,7-14,20H,4,6,15-19,21H2,1-3H3. The van der Waals surface area contributed by atoms with Gasteiger partial charge in [0, 0.05) is 43.9 Å². The average molecular weight is 518 g/mol. The summed E-state index contributed by atoms with van der Waals surface area (Å²) in [5.41, 5.74) is 2.26. The molecule has 2 amide bonds. The van der Waals surface area contributed by atoms with Crippen molar-refractivity contribution in [3.05, 3.63) is 66.2 Å². The SMILES string of the molecule is CCCN(CC(=O)N1CCCN(c2ccc(-c3cccc(OC)c3)nn2)CC1)C(=O)c1ccc(OC)cc1. The summed E-state index contributed by atoms with van der Waals surface area (Å²) in [7, 11) is 3.23. The third kappa shape index (κ3) is 6.59. The molecule has 0 unspecified atom stereocenters. The maximum Gasteiger partial charge on any atom is 0.254 e. The van der Waals surface area contributed by atoms with E-state index in [1.54, 1.807) is 43.4 Å². The van der Waals surface area contributed by atoms with Crippen LogP contribution < -0.4 is 14.4 Å². The van der Waals surface area contributed by atoms with Gasteiger partial charge in [0.2, 0.25) is 5.91 Å². The number of carbonyl (C=O) groups excluding carboxylic acids is 2. The fourth-order valence-electron chi connectivity index (χ4n) is 4.53. The quantitative estimate of drug-likeness (QED) is 0.427. The Bertz CT molecular complexity index is 1220. The summed E-state index contributed by atoms with van der Waals surface area (Å²) in [4.78, 5) is 32.0. The number of hydrogen-bond acceptors (Lipinski definition) is 7. The molecule has 0 spiro atoms. The van der Waals surface area contributed by atoms with Crippen molar-refractivity contribution >= 4 is 17.6 Å². The lowest BCUT2D eigenvalue weighted by Crippen LogP contribution is -2.44. The molecule has 1 aliphatic rings. The van der Waals surface area contributed by atoms with E-state index in [9.17, 15) is 9.59 Å². The van der Waals surface area contributed by atoms with Crippen LogP contribution in [0.5, 0.6) is 11.5 Å². The van der Waals surface area contributed by atoms with E-state index in [0.29, 0.717) is 37.5 Å². The Hall–Kier alpha value is -4.14. The van der Waals surface area contributed by atoms with Crippen LogP contribution in [-0.4, -0.2) is 85.3 Å². The number of nitrogens with zero attached hydrogens (tertiary/aromatic N) is 5. The van der Waals surface area contributed by atoms with Gasteiger partial charge in [-0.2, -0.15) is 0 Å². The monoisotopic (exact) mass is 517 g/mol. The average Bonchev–Trinajstić information content (AvgIpc) is 3.23. The van der Waals surface area contributed by atoms with Gasteiger partial charge < -0.3 is 24.2 Å². The molecule has 1 fully saturated rings. The number of aromatic nitrogens is 2. The lowest BCUT2D eigenvalue weighted by molar-refractivity contribution is -0.131. The van der Waals surface area contributed by atoms with Crippen LogP contribution in [0.15, 0.2) is 60.7 Å². The van der Waals surface area contributed by atoms with Crippen molar-refractivity contribution in [2.24, 2.45) is 0 Å². The smallest absolute Gasteiger partial charge is 0.254 e. The Kier molecular flexibility index (Phi) is 9.13. The molecule has 3 aromatic rings. The third-order valence-corrected chi connectivity index (χ3v) is 6.63. The van der Waals surface area contributed by atoms with Gasteiger partial charge in [0.1, 0.15) is 18.0 Å². The first-order valence-corrected chi connectivity index (χ1v) is 13.0. The molecule has 0 radical (unpaired) electrons. The van der Waals surface area contributed by atoms with E-state index in [1.165, 1.54) is 0 Å². The Morgan fingerprint density at radius 1 is 0.895 bits per heavy atom. The summed E-state index contributed by atoms with van der Waals surface area (Å²) in [5.74, 6) is 2.06. The first kappa shape index (κ1) is 26.9. The van der Waals surface area contributed by atoms with E-state index in [2.05, 4.69) is 15.1 Å². The number of carbonyl (C=O) groups is 2. The number of methoxy groups -OCH3 is 2. The fraction of sp³-hybridized carbons (Fsp3) is 0.379. The number of ether oxygens (including phenoxy) is 2. The van der Waals surface area contributed by atoms with Crippen LogP contribution in [0.2, 0.25) is 0 Å². The molecule has 38 heavy (non-hydrogen) atoms. The molecule has 0 atom stereocenters. The Labute approximate surface area is 224 Å². The number of amides is 2. The summed E-state index contributed by atoms with van der Waals surface area (Å²) in [5, 5.41) is 8.88. The van der Waals surface area contributed by atoms with Gasteiger partial charge in [-0.05, 0) is 61.4 Å². The molecule has 1 aliphatic heterocycles. The van der Waals surface area contributed by atoms with Crippen molar-refractivity contribution in [2.75, 3.05) is 58.4 Å². The molecular formula is C29H35N5O4. The predicted octanol–water partition coefficient (Wildman–Crippen LogP) is 3.75. The Morgan fingerprint density at radius 3 is 2.37 bits per heavy atom. The van der Waals surface area contributed by atoms with Gasteiger partial charge in [0.15, 0.2) is 5.82 Å². The van der Waals surface area contributed by atoms with E-state index >= 15 is 0 Å². The van der Waals surface area contributed by atoms with Crippen LogP contribution >= 0.6 is 0 Å². The zero-order valence-corrected chi connectivity index (χ0v) is 22.3. The second-order valence-corrected chi connectivity index (χ2v) is 9.19. The molecule has 0 N–H and O–H groups in total. The van der Waals surface area contributed by atoms with Crippen molar-refractivity contribution in [2.45, 2.75) is 19.8 Å². The molecule has 9 nitrogen and oxygen atoms in total. The van der Waals surface area contributed by atoms with Gasteiger partial charge in [-0.15, -0.1) is 10.2 Å². The Balaban J connectivity index is 1.36. The fourth-order valence-corrected chi connectivity index (χ4v) is 4.53. The minimum absolute atomic E-state index is 0.0402. The molecule has 9 heteroatoms. The summed E-state index contributed by atoms with van der Waals surface area (Å²) in [6.07, 6.45) is 1.58. The van der Waals surface area contributed by atoms with Crippen molar-refractivity contribution in [3.63, 3.8) is 0 Å². The minimum atomic E-state index is -0.147. The predicted molar refractivity (Wildman–Crippen MR) is 147 cm³/mol. The minimum Gasteiger partial charge on any atom is -0.497 e. The number of benzene rings is 2. The summed E-state index contributed by atoms with van der Waals surface area (Å²) in [6, 6.07) is 18.6. The lowest BCUT2D eigenvalue weighted by Gasteiger charge is -2.27. The summed E-state index contributed by atoms with van der Waals surface area (Å²) in [6.45, 7) is 5.22. The molecule has 1 saturated heterocycles. The zero-order chi connectivity index (χ0) is 26.9. The van der Waals surface area contributed by atoms with Crippen LogP contribution in [0, 0.1) is 0 Å². The normalized spacial score (nSPS) is 13.6. The van der Waals surface area contributed by atoms with Gasteiger partial charge in [-0.25, -0.2) is 0 Å². The second-order valence-electron chi connectivity index (χ2n) is 9.19. The first-order valence-electron chi connectivity index (χ1n) is 13.0. The topological polar surface area (TPSA) is 88.1 Å². The first-order chi connectivity index (χ1) is 18.5. The molecule has 2 aromatic carbocycles. The van der Waals surface area contributed by atoms with Crippen LogP contribution in [-0.2, 0) is 4.79 Å². The molecule has 2 heterocycles. The van der Waals surface area contributed by atoms with Gasteiger partial charge in [-0.3, -0.25) is 9.59 Å². The number of hydrogen-bond donors (Lipinski definition) is 0. The summed E-state index contributed by atoms with van der Waals surface area (Å²) < 4.78 is 10.5. The maximum atomic E-state index is 13.2. The largest absolute Gasteiger partial charge is 0.497 e. The van der Waals surface area contributed by atoms with E-state index in [0.717, 1.165) is 42.2 Å². The summed E-state index contributed by atoms with van der Waals surface area (Å²) >= 11 is 0. The van der Waals surface area contributed by atoms with Crippen molar-refractivity contribution < 1.29 is 19.1 Å². The van der Waals surface area contributed by atoms with Crippen molar-refractivity contribution in [3.8, 4) is 22.8 Å². The highest BCUT2D eigenvalue weighted by Crippen LogP contribution is 2.23. The molecule has 0 aliphatic carbocycles. The van der Waals surface area contributed by atoms with Crippen LogP contribution in [0.4, 0.5) is 5.82 Å². The molecule has 4 rings (SSSR count). The third-order valence-electron chi connectivity index (χ3n) is 6.63.